The van der Waals surface area contributed by atoms with Gasteiger partial charge in [-0.2, -0.15) is 5.10 Å². The summed E-state index contributed by atoms with van der Waals surface area (Å²) in [5.74, 6) is 3.96. The largest absolute Gasteiger partial charge is 0.457 e. The normalized spacial score (nSPS) is 16.4. The molecule has 0 spiro atoms. The first kappa shape index (κ1) is 18.3. The summed E-state index contributed by atoms with van der Waals surface area (Å²) in [4.78, 5) is 9.40. The molecule has 0 aliphatic carbocycles. The molecule has 1 aliphatic rings. The van der Waals surface area contributed by atoms with Crippen molar-refractivity contribution in [2.24, 2.45) is 7.05 Å². The zero-order valence-electron chi connectivity index (χ0n) is 15.8. The Labute approximate surface area is 176 Å². The molecule has 1 saturated heterocycles. The molecule has 3 heterocycles. The lowest BCUT2D eigenvalue weighted by atomic mass is 10.1. The van der Waals surface area contributed by atoms with Gasteiger partial charge in [0, 0.05) is 18.4 Å². The maximum absolute atomic E-state index is 6.36. The van der Waals surface area contributed by atoms with Gasteiger partial charge in [0.2, 0.25) is 0 Å². The number of aryl methyl sites for hydroxylation is 1. The lowest BCUT2D eigenvalue weighted by molar-refractivity contribution is 0.483. The topological polar surface area (TPSA) is 78.9 Å². The Bertz CT molecular complexity index is 1160. The van der Waals surface area contributed by atoms with Gasteiger partial charge in [0.05, 0.1) is 10.6 Å². The molecule has 146 valence electrons. The van der Waals surface area contributed by atoms with Crippen molar-refractivity contribution in [1.29, 1.82) is 0 Å². The second-order valence-corrected chi connectivity index (χ2v) is 9.46. The number of ether oxygens (including phenoxy) is 1. The molecule has 2 N–H and O–H groups in total. The summed E-state index contributed by atoms with van der Waals surface area (Å²) < 4.78 is 7.66. The molecule has 8 heteroatoms. The van der Waals surface area contributed by atoms with Crippen molar-refractivity contribution in [2.75, 3.05) is 11.5 Å². The van der Waals surface area contributed by atoms with Gasteiger partial charge in [-0.05, 0) is 42.8 Å². The van der Waals surface area contributed by atoms with Crippen LogP contribution in [0.4, 0.5) is 5.82 Å². The molecule has 1 unspecified atom stereocenters. The molecule has 5 rings (SSSR count). The van der Waals surface area contributed by atoms with Crippen LogP contribution >= 0.6 is 21.6 Å². The van der Waals surface area contributed by atoms with Gasteiger partial charge in [0.25, 0.3) is 0 Å². The molecule has 0 bridgehead atoms. The molecule has 1 fully saturated rings. The lowest BCUT2D eigenvalue weighted by Crippen LogP contribution is -2.04. The Hall–Kier alpha value is -2.71. The van der Waals surface area contributed by atoms with Crippen molar-refractivity contribution in [2.45, 2.75) is 11.7 Å². The number of para-hydroxylation sites is 1. The van der Waals surface area contributed by atoms with E-state index in [2.05, 4.69) is 10.1 Å². The van der Waals surface area contributed by atoms with Crippen molar-refractivity contribution in [1.82, 2.24) is 19.7 Å². The van der Waals surface area contributed by atoms with Crippen LogP contribution in [0.5, 0.6) is 11.5 Å². The zero-order valence-corrected chi connectivity index (χ0v) is 17.4. The fraction of sp³-hybridized carbons (Fsp3) is 0.190. The van der Waals surface area contributed by atoms with Gasteiger partial charge in [-0.1, -0.05) is 39.8 Å². The number of hydrogen-bond donors (Lipinski definition) is 1. The number of fused-ring (bicyclic) bond motifs is 1. The smallest absolute Gasteiger partial charge is 0.164 e. The van der Waals surface area contributed by atoms with Crippen LogP contribution in [0.15, 0.2) is 54.6 Å². The summed E-state index contributed by atoms with van der Waals surface area (Å²) in [6, 6.07) is 17.5. The van der Waals surface area contributed by atoms with Gasteiger partial charge >= 0.3 is 0 Å². The van der Waals surface area contributed by atoms with Gasteiger partial charge in [-0.15, -0.1) is 0 Å². The minimum atomic E-state index is 0.291. The van der Waals surface area contributed by atoms with E-state index in [1.165, 1.54) is 0 Å². The molecule has 1 aliphatic heterocycles. The third kappa shape index (κ3) is 3.54. The number of nitrogens with zero attached hydrogens (tertiary/aromatic N) is 4. The van der Waals surface area contributed by atoms with Crippen molar-refractivity contribution in [3.8, 4) is 22.8 Å². The summed E-state index contributed by atoms with van der Waals surface area (Å²) in [6.07, 6.45) is 1.06. The summed E-state index contributed by atoms with van der Waals surface area (Å²) in [5.41, 5.74) is 8.86. The van der Waals surface area contributed by atoms with E-state index >= 15 is 0 Å². The fourth-order valence-electron chi connectivity index (χ4n) is 3.35. The zero-order chi connectivity index (χ0) is 19.8. The average Bonchev–Trinajstić information content (AvgIpc) is 3.38. The quantitative estimate of drug-likeness (QED) is 0.452. The van der Waals surface area contributed by atoms with Crippen LogP contribution in [-0.4, -0.2) is 25.5 Å². The second kappa shape index (κ2) is 7.61. The van der Waals surface area contributed by atoms with Gasteiger partial charge in [0.15, 0.2) is 5.65 Å². The summed E-state index contributed by atoms with van der Waals surface area (Å²) >= 11 is 0. The first-order chi connectivity index (χ1) is 14.2. The first-order valence-corrected chi connectivity index (χ1v) is 11.7. The molecule has 29 heavy (non-hydrogen) atoms. The minimum Gasteiger partial charge on any atom is -0.457 e. The van der Waals surface area contributed by atoms with Crippen LogP contribution in [0.25, 0.3) is 22.3 Å². The van der Waals surface area contributed by atoms with E-state index in [-0.39, 0.29) is 0 Å². The Morgan fingerprint density at radius 2 is 1.79 bits per heavy atom. The van der Waals surface area contributed by atoms with Gasteiger partial charge in [-0.3, -0.25) is 0 Å². The lowest BCUT2D eigenvalue weighted by Gasteiger charge is -2.08. The van der Waals surface area contributed by atoms with Crippen molar-refractivity contribution in [3.63, 3.8) is 0 Å². The molecule has 2 aromatic heterocycles. The predicted molar refractivity (Wildman–Crippen MR) is 120 cm³/mol. The van der Waals surface area contributed by atoms with Crippen molar-refractivity contribution in [3.05, 3.63) is 60.4 Å². The first-order valence-electron chi connectivity index (χ1n) is 9.31. The second-order valence-electron chi connectivity index (χ2n) is 6.77. The summed E-state index contributed by atoms with van der Waals surface area (Å²) in [7, 11) is 5.57. The van der Waals surface area contributed by atoms with Crippen LogP contribution in [0.3, 0.4) is 0 Å². The van der Waals surface area contributed by atoms with Crippen molar-refractivity contribution >= 4 is 38.4 Å². The highest BCUT2D eigenvalue weighted by molar-refractivity contribution is 8.77. The maximum Gasteiger partial charge on any atom is 0.164 e. The Kier molecular flexibility index (Phi) is 4.81. The standard InChI is InChI=1S/C21H19N5OS2/c1-26-21-17(19(22)23-20(24-21)16-11-12-28-29-16)18(25-26)13-7-9-15(10-8-13)27-14-5-3-2-4-6-14/h2-10,16H,11-12H2,1H3,(H2,22,23,24). The third-order valence-electron chi connectivity index (χ3n) is 4.77. The number of nitrogens with two attached hydrogens (primary N) is 1. The van der Waals surface area contributed by atoms with Gasteiger partial charge in [-0.25, -0.2) is 14.6 Å². The highest BCUT2D eigenvalue weighted by atomic mass is 33.1. The molecular weight excluding hydrogens is 402 g/mol. The van der Waals surface area contributed by atoms with Crippen LogP contribution in [0, 0.1) is 0 Å². The highest BCUT2D eigenvalue weighted by Gasteiger charge is 2.25. The van der Waals surface area contributed by atoms with E-state index in [0.29, 0.717) is 11.1 Å². The molecule has 4 aromatic rings. The molecule has 0 amide bonds. The summed E-state index contributed by atoms with van der Waals surface area (Å²) in [5, 5.41) is 5.77. The Morgan fingerprint density at radius 3 is 2.52 bits per heavy atom. The maximum atomic E-state index is 6.36. The van der Waals surface area contributed by atoms with E-state index < -0.39 is 0 Å². The van der Waals surface area contributed by atoms with Crippen LogP contribution < -0.4 is 10.5 Å². The average molecular weight is 422 g/mol. The van der Waals surface area contributed by atoms with Crippen LogP contribution in [0.1, 0.15) is 17.5 Å². The molecule has 2 aromatic carbocycles. The summed E-state index contributed by atoms with van der Waals surface area (Å²) in [6.45, 7) is 0. The predicted octanol–water partition coefficient (Wildman–Crippen LogP) is 5.23. The molecular formula is C21H19N5OS2. The van der Waals surface area contributed by atoms with E-state index in [1.54, 1.807) is 4.68 Å². The Balaban J connectivity index is 1.50. The SMILES string of the molecule is Cn1nc(-c2ccc(Oc3ccccc3)cc2)c2c(N)nc(C3CCSS3)nc21. The molecule has 1 atom stereocenters. The number of anilines is 1. The van der Waals surface area contributed by atoms with Gasteiger partial charge in [0.1, 0.15) is 28.8 Å². The molecule has 0 saturated carbocycles. The fourth-order valence-corrected chi connectivity index (χ4v) is 6.11. The third-order valence-corrected chi connectivity index (χ3v) is 7.59. The monoisotopic (exact) mass is 421 g/mol. The Morgan fingerprint density at radius 1 is 1.03 bits per heavy atom. The number of benzene rings is 2. The minimum absolute atomic E-state index is 0.291. The highest BCUT2D eigenvalue weighted by Crippen LogP contribution is 2.47. The number of hydrogen-bond acceptors (Lipinski definition) is 7. The van der Waals surface area contributed by atoms with Crippen LogP contribution in [-0.2, 0) is 7.05 Å². The molecule has 0 radical (unpaired) electrons. The van der Waals surface area contributed by atoms with E-state index in [1.807, 2.05) is 83.2 Å². The van der Waals surface area contributed by atoms with E-state index in [0.717, 1.165) is 51.8 Å². The number of rotatable bonds is 4. The van der Waals surface area contributed by atoms with Crippen molar-refractivity contribution < 1.29 is 4.74 Å². The van der Waals surface area contributed by atoms with Crippen LogP contribution in [0.2, 0.25) is 0 Å². The molecule has 6 nitrogen and oxygen atoms in total. The number of aromatic nitrogens is 4. The van der Waals surface area contributed by atoms with E-state index in [9.17, 15) is 0 Å². The van der Waals surface area contributed by atoms with E-state index in [4.69, 9.17) is 15.5 Å². The van der Waals surface area contributed by atoms with Gasteiger partial charge < -0.3 is 10.5 Å². The number of nitrogen functional groups attached to an aromatic ring is 1.